The molecule has 0 saturated carbocycles. The first kappa shape index (κ1) is 23.0. The van der Waals surface area contributed by atoms with E-state index in [9.17, 15) is 4.79 Å². The van der Waals surface area contributed by atoms with Gasteiger partial charge in [0.15, 0.2) is 11.5 Å². The van der Waals surface area contributed by atoms with E-state index in [0.717, 1.165) is 66.2 Å². The predicted octanol–water partition coefficient (Wildman–Crippen LogP) is 4.90. The minimum absolute atomic E-state index is 0.0578. The number of aromatic nitrogens is 2. The molecule has 1 saturated heterocycles. The molecule has 7 nitrogen and oxygen atoms in total. The van der Waals surface area contributed by atoms with E-state index in [0.29, 0.717) is 5.75 Å². The number of fused-ring (bicyclic) bond motifs is 1. The molecular weight excluding hydrogens is 442 g/mol. The first-order valence-corrected chi connectivity index (χ1v) is 12.0. The van der Waals surface area contributed by atoms with Gasteiger partial charge in [0, 0.05) is 18.3 Å². The molecule has 3 aromatic rings. The minimum Gasteiger partial charge on any atom is -0.495 e. The monoisotopic (exact) mass is 473 g/mol. The zero-order valence-corrected chi connectivity index (χ0v) is 20.7. The number of methoxy groups -OCH3 is 3. The maximum absolute atomic E-state index is 13.6. The average Bonchev–Trinajstić information content (AvgIpc) is 3.50. The molecule has 1 unspecified atom stereocenters. The Morgan fingerprint density at radius 1 is 1.00 bits per heavy atom. The van der Waals surface area contributed by atoms with E-state index in [-0.39, 0.29) is 11.9 Å². The third-order valence-electron chi connectivity index (χ3n) is 6.98. The molecule has 5 rings (SSSR count). The van der Waals surface area contributed by atoms with E-state index in [2.05, 4.69) is 11.1 Å². The van der Waals surface area contributed by atoms with Gasteiger partial charge in [-0.2, -0.15) is 0 Å². The highest BCUT2D eigenvalue weighted by Crippen LogP contribution is 2.43. The van der Waals surface area contributed by atoms with Crippen molar-refractivity contribution in [3.05, 3.63) is 70.8 Å². The maximum atomic E-state index is 13.6. The predicted molar refractivity (Wildman–Crippen MR) is 134 cm³/mol. The molecule has 182 valence electrons. The van der Waals surface area contributed by atoms with Crippen molar-refractivity contribution in [1.29, 1.82) is 0 Å². The van der Waals surface area contributed by atoms with Gasteiger partial charge >= 0.3 is 0 Å². The number of hydrogen-bond acceptors (Lipinski definition) is 5. The second-order valence-corrected chi connectivity index (χ2v) is 9.09. The number of imidazole rings is 1. The summed E-state index contributed by atoms with van der Waals surface area (Å²) in [7, 11) is 4.96. The van der Waals surface area contributed by atoms with Crippen molar-refractivity contribution in [2.45, 2.75) is 38.6 Å². The van der Waals surface area contributed by atoms with Gasteiger partial charge in [-0.25, -0.2) is 4.98 Å². The molecule has 2 aliphatic rings. The van der Waals surface area contributed by atoms with Crippen LogP contribution in [0.25, 0.3) is 11.8 Å². The first-order chi connectivity index (χ1) is 17.0. The summed E-state index contributed by atoms with van der Waals surface area (Å²) in [4.78, 5) is 20.0. The Labute approximate surface area is 205 Å². The van der Waals surface area contributed by atoms with Crippen LogP contribution < -0.4 is 14.2 Å². The highest BCUT2D eigenvalue weighted by Gasteiger charge is 2.35. The number of nitrogens with zero attached hydrogens (tertiary/aromatic N) is 3. The topological polar surface area (TPSA) is 65.8 Å². The van der Waals surface area contributed by atoms with Crippen molar-refractivity contribution >= 4 is 12.0 Å². The van der Waals surface area contributed by atoms with Crippen LogP contribution in [0.5, 0.6) is 17.2 Å². The molecule has 0 spiro atoms. The van der Waals surface area contributed by atoms with Gasteiger partial charge in [0.2, 0.25) is 5.91 Å². The molecule has 0 radical (unpaired) electrons. The van der Waals surface area contributed by atoms with Crippen molar-refractivity contribution in [1.82, 2.24) is 14.5 Å². The van der Waals surface area contributed by atoms with E-state index in [4.69, 9.17) is 14.2 Å². The lowest BCUT2D eigenvalue weighted by Gasteiger charge is -2.34. The minimum atomic E-state index is 0.0578. The third-order valence-corrected chi connectivity index (χ3v) is 6.98. The van der Waals surface area contributed by atoms with Crippen LogP contribution in [0.2, 0.25) is 0 Å². The molecule has 1 amide bonds. The van der Waals surface area contributed by atoms with Crippen LogP contribution >= 0.6 is 0 Å². The number of rotatable bonds is 6. The number of aryl methyl sites for hydroxylation is 2. The Hall–Kier alpha value is -3.74. The van der Waals surface area contributed by atoms with Crippen LogP contribution in [0.4, 0.5) is 0 Å². The summed E-state index contributed by atoms with van der Waals surface area (Å²) in [5.74, 6) is 2.29. The lowest BCUT2D eigenvalue weighted by Crippen LogP contribution is -2.39. The van der Waals surface area contributed by atoms with Crippen molar-refractivity contribution in [2.24, 2.45) is 0 Å². The number of benzene rings is 2. The molecule has 1 aromatic heterocycles. The first-order valence-electron chi connectivity index (χ1n) is 12.0. The fraction of sp³-hybridized carbons (Fsp3) is 0.357. The van der Waals surface area contributed by atoms with Gasteiger partial charge in [-0.05, 0) is 79.6 Å². The Morgan fingerprint density at radius 2 is 1.77 bits per heavy atom. The highest BCUT2D eigenvalue weighted by atomic mass is 16.5. The van der Waals surface area contributed by atoms with Gasteiger partial charge in [0.05, 0.1) is 45.1 Å². The smallest absolute Gasteiger partial charge is 0.250 e. The highest BCUT2D eigenvalue weighted by molar-refractivity contribution is 5.99. The van der Waals surface area contributed by atoms with E-state index in [1.165, 1.54) is 11.1 Å². The molecule has 0 bridgehead atoms. The second kappa shape index (κ2) is 9.49. The van der Waals surface area contributed by atoms with E-state index in [1.807, 2.05) is 52.9 Å². The third kappa shape index (κ3) is 4.27. The molecular formula is C28H31N3O4. The number of ether oxygens (including phenoxy) is 3. The number of likely N-dealkylation sites (tertiary alicyclic amines) is 1. The van der Waals surface area contributed by atoms with Crippen LogP contribution in [0.15, 0.2) is 48.4 Å². The zero-order valence-electron chi connectivity index (χ0n) is 20.7. The number of piperidine rings is 1. The van der Waals surface area contributed by atoms with Gasteiger partial charge in [0.1, 0.15) is 5.75 Å². The molecule has 1 aliphatic heterocycles. The molecule has 2 heterocycles. The van der Waals surface area contributed by atoms with Crippen molar-refractivity contribution in [3.8, 4) is 22.9 Å². The Kier molecular flexibility index (Phi) is 6.24. The van der Waals surface area contributed by atoms with Gasteiger partial charge < -0.3 is 23.7 Å². The summed E-state index contributed by atoms with van der Waals surface area (Å²) >= 11 is 0. The lowest BCUT2D eigenvalue weighted by molar-refractivity contribution is -0.131. The number of hydrogen-bond donors (Lipinski definition) is 0. The normalized spacial score (nSPS) is 18.6. The summed E-state index contributed by atoms with van der Waals surface area (Å²) in [6.45, 7) is 2.72. The summed E-state index contributed by atoms with van der Waals surface area (Å²) in [6, 6.07) is 10.2. The fourth-order valence-electron chi connectivity index (χ4n) is 5.25. The number of carbonyl (C=O) groups excluding carboxylic acids is 1. The molecule has 1 aliphatic carbocycles. The Morgan fingerprint density at radius 3 is 2.49 bits per heavy atom. The van der Waals surface area contributed by atoms with Gasteiger partial charge in [0.25, 0.3) is 0 Å². The van der Waals surface area contributed by atoms with E-state index in [1.54, 1.807) is 27.7 Å². The Bertz CT molecular complexity index is 1290. The summed E-state index contributed by atoms with van der Waals surface area (Å²) < 4.78 is 18.6. The second-order valence-electron chi connectivity index (χ2n) is 9.09. The standard InChI is InChI=1S/C28H31N3O4/c1-18-16-30(17-29-18)24-9-7-19(13-25(24)33-2)12-21-6-5-11-31(28(21)32)23-10-8-20-14-26(34-3)27(35-4)15-22(20)23/h7,9,12-17,23H,5-6,8,10-11H2,1-4H3/b21-12+. The van der Waals surface area contributed by atoms with Gasteiger partial charge in [-0.1, -0.05) is 6.07 Å². The van der Waals surface area contributed by atoms with Crippen molar-refractivity contribution in [3.63, 3.8) is 0 Å². The summed E-state index contributed by atoms with van der Waals surface area (Å²) in [5.41, 5.74) is 6.03. The van der Waals surface area contributed by atoms with E-state index < -0.39 is 0 Å². The summed E-state index contributed by atoms with van der Waals surface area (Å²) in [5, 5.41) is 0. The van der Waals surface area contributed by atoms with Crippen LogP contribution in [-0.4, -0.2) is 48.2 Å². The quantitative estimate of drug-likeness (QED) is 0.477. The van der Waals surface area contributed by atoms with Crippen LogP contribution in [0, 0.1) is 6.92 Å². The largest absolute Gasteiger partial charge is 0.495 e. The molecule has 35 heavy (non-hydrogen) atoms. The molecule has 1 atom stereocenters. The number of amides is 1. The molecule has 1 fully saturated rings. The van der Waals surface area contributed by atoms with Gasteiger partial charge in [-0.3, -0.25) is 4.79 Å². The molecule has 0 N–H and O–H groups in total. The molecule has 7 heteroatoms. The molecule has 2 aromatic carbocycles. The fourth-order valence-corrected chi connectivity index (χ4v) is 5.25. The van der Waals surface area contributed by atoms with Crippen LogP contribution in [0.1, 0.15) is 47.7 Å². The zero-order chi connectivity index (χ0) is 24.5. The Balaban J connectivity index is 1.42. The SMILES string of the molecule is COc1cc2c(cc1OC)C(N1CCC/C(=C\c3ccc(-n4cnc(C)c4)c(OC)c3)C1=O)CC2. The average molecular weight is 474 g/mol. The summed E-state index contributed by atoms with van der Waals surface area (Å²) in [6.07, 6.45) is 9.30. The lowest BCUT2D eigenvalue weighted by atomic mass is 9.97. The number of carbonyl (C=O) groups is 1. The van der Waals surface area contributed by atoms with Crippen molar-refractivity contribution < 1.29 is 19.0 Å². The van der Waals surface area contributed by atoms with Crippen LogP contribution in [0.3, 0.4) is 0 Å². The maximum Gasteiger partial charge on any atom is 0.250 e. The van der Waals surface area contributed by atoms with E-state index >= 15 is 0 Å². The van der Waals surface area contributed by atoms with Crippen molar-refractivity contribution in [2.75, 3.05) is 27.9 Å². The van der Waals surface area contributed by atoms with Crippen LogP contribution in [-0.2, 0) is 11.2 Å². The van der Waals surface area contributed by atoms with Gasteiger partial charge in [-0.15, -0.1) is 0 Å².